The minimum Gasteiger partial charge on any atom is -0.379 e. The molecule has 78 valence electrons. The van der Waals surface area contributed by atoms with E-state index < -0.39 is 0 Å². The Balaban J connectivity index is 2.23. The topological polar surface area (TPSA) is 47.3 Å². The van der Waals surface area contributed by atoms with Crippen LogP contribution in [0, 0.1) is 0 Å². The van der Waals surface area contributed by atoms with E-state index in [0.29, 0.717) is 12.1 Å². The van der Waals surface area contributed by atoms with E-state index in [9.17, 15) is 0 Å². The molecule has 1 saturated carbocycles. The summed E-state index contributed by atoms with van der Waals surface area (Å²) in [6, 6.07) is 0. The molecule has 1 rings (SSSR count). The van der Waals surface area contributed by atoms with Crippen LogP contribution in [0.2, 0.25) is 0 Å². The molecule has 0 aromatic rings. The Bertz CT molecular complexity index is 136. The number of methoxy groups -OCH3 is 1. The summed E-state index contributed by atoms with van der Waals surface area (Å²) >= 11 is 0. The van der Waals surface area contributed by atoms with Gasteiger partial charge >= 0.3 is 0 Å². The minimum absolute atomic E-state index is 0.170. The van der Waals surface area contributed by atoms with Crippen molar-refractivity contribution in [2.75, 3.05) is 20.2 Å². The first kappa shape index (κ1) is 11.0. The van der Waals surface area contributed by atoms with E-state index in [1.165, 1.54) is 25.7 Å². The monoisotopic (exact) mass is 186 g/mol. The van der Waals surface area contributed by atoms with Gasteiger partial charge in [-0.25, -0.2) is 0 Å². The molecule has 13 heavy (non-hydrogen) atoms. The zero-order valence-corrected chi connectivity index (χ0v) is 8.81. The van der Waals surface area contributed by atoms with E-state index >= 15 is 0 Å². The molecule has 3 nitrogen and oxygen atoms in total. The summed E-state index contributed by atoms with van der Waals surface area (Å²) in [5.74, 6) is 0. The summed E-state index contributed by atoms with van der Waals surface area (Å²) in [6.07, 6.45) is 5.37. The zero-order valence-electron chi connectivity index (χ0n) is 8.81. The molecule has 1 fully saturated rings. The second kappa shape index (κ2) is 4.94. The number of nitrogens with two attached hydrogens (primary N) is 1. The van der Waals surface area contributed by atoms with E-state index in [1.54, 1.807) is 7.11 Å². The fourth-order valence-corrected chi connectivity index (χ4v) is 1.85. The zero-order chi connectivity index (χ0) is 9.73. The van der Waals surface area contributed by atoms with E-state index in [2.05, 4.69) is 12.2 Å². The van der Waals surface area contributed by atoms with Crippen molar-refractivity contribution >= 4 is 0 Å². The van der Waals surface area contributed by atoms with E-state index in [4.69, 9.17) is 10.5 Å². The Hall–Kier alpha value is -0.120. The quantitative estimate of drug-likeness (QED) is 0.647. The largest absolute Gasteiger partial charge is 0.379 e. The Kier molecular flexibility index (Phi) is 4.16. The first-order valence-electron chi connectivity index (χ1n) is 5.24. The molecule has 0 aromatic heterocycles. The highest BCUT2D eigenvalue weighted by Crippen LogP contribution is 2.34. The summed E-state index contributed by atoms with van der Waals surface area (Å²) in [6.45, 7) is 3.74. The van der Waals surface area contributed by atoms with Crippen LogP contribution >= 0.6 is 0 Å². The molecule has 0 bridgehead atoms. The molecule has 1 aliphatic rings. The Morgan fingerprint density at radius 2 is 2.23 bits per heavy atom. The lowest BCUT2D eigenvalue weighted by molar-refractivity contribution is 0.0827. The van der Waals surface area contributed by atoms with Crippen molar-refractivity contribution in [3.05, 3.63) is 0 Å². The van der Waals surface area contributed by atoms with Crippen LogP contribution in [-0.4, -0.2) is 31.8 Å². The van der Waals surface area contributed by atoms with Gasteiger partial charge < -0.3 is 15.8 Å². The summed E-state index contributed by atoms with van der Waals surface area (Å²) < 4.78 is 5.22. The van der Waals surface area contributed by atoms with Gasteiger partial charge in [-0.15, -0.1) is 0 Å². The van der Waals surface area contributed by atoms with Gasteiger partial charge in [-0.3, -0.25) is 0 Å². The molecular weight excluding hydrogens is 164 g/mol. The van der Waals surface area contributed by atoms with E-state index in [-0.39, 0.29) is 6.10 Å². The fraction of sp³-hybridized carbons (Fsp3) is 1.00. The number of hydrogen-bond donors (Lipinski definition) is 2. The number of nitrogens with one attached hydrogen (secondary N) is 1. The lowest BCUT2D eigenvalue weighted by Gasteiger charge is -2.43. The van der Waals surface area contributed by atoms with Crippen molar-refractivity contribution in [1.29, 1.82) is 0 Å². The highest BCUT2D eigenvalue weighted by molar-refractivity contribution is 4.95. The van der Waals surface area contributed by atoms with Gasteiger partial charge in [0.2, 0.25) is 0 Å². The lowest BCUT2D eigenvalue weighted by Crippen LogP contribution is -2.53. The van der Waals surface area contributed by atoms with E-state index in [0.717, 1.165) is 6.54 Å². The Morgan fingerprint density at radius 3 is 2.54 bits per heavy atom. The van der Waals surface area contributed by atoms with Crippen LogP contribution < -0.4 is 11.1 Å². The van der Waals surface area contributed by atoms with Crippen molar-refractivity contribution in [1.82, 2.24) is 5.32 Å². The van der Waals surface area contributed by atoms with Crippen LogP contribution in [0.5, 0.6) is 0 Å². The van der Waals surface area contributed by atoms with Gasteiger partial charge in [-0.05, 0) is 25.7 Å². The standard InChI is InChI=1S/C10H22N2O/c1-3-10(5-4-6-10)12-8-9(7-11)13-2/h9,12H,3-8,11H2,1-2H3. The van der Waals surface area contributed by atoms with Crippen LogP contribution in [-0.2, 0) is 4.74 Å². The van der Waals surface area contributed by atoms with Gasteiger partial charge in [-0.1, -0.05) is 6.92 Å². The van der Waals surface area contributed by atoms with Gasteiger partial charge in [0.25, 0.3) is 0 Å². The SMILES string of the molecule is CCC1(NCC(CN)OC)CCC1. The molecule has 0 aliphatic heterocycles. The van der Waals surface area contributed by atoms with Gasteiger partial charge in [-0.2, -0.15) is 0 Å². The highest BCUT2D eigenvalue weighted by atomic mass is 16.5. The van der Waals surface area contributed by atoms with Crippen LogP contribution in [0.3, 0.4) is 0 Å². The van der Waals surface area contributed by atoms with Crippen LogP contribution in [0.25, 0.3) is 0 Å². The minimum atomic E-state index is 0.170. The molecule has 0 saturated heterocycles. The van der Waals surface area contributed by atoms with Crippen molar-refractivity contribution < 1.29 is 4.74 Å². The van der Waals surface area contributed by atoms with E-state index in [1.807, 2.05) is 0 Å². The van der Waals surface area contributed by atoms with Crippen molar-refractivity contribution in [3.8, 4) is 0 Å². The van der Waals surface area contributed by atoms with Crippen LogP contribution in [0.1, 0.15) is 32.6 Å². The van der Waals surface area contributed by atoms with Gasteiger partial charge in [0, 0.05) is 25.7 Å². The first-order chi connectivity index (χ1) is 6.26. The molecule has 0 amide bonds. The predicted molar refractivity (Wildman–Crippen MR) is 54.7 cm³/mol. The molecule has 0 heterocycles. The van der Waals surface area contributed by atoms with Crippen molar-refractivity contribution in [3.63, 3.8) is 0 Å². The second-order valence-corrected chi connectivity index (χ2v) is 3.96. The third-order valence-corrected chi connectivity index (χ3v) is 3.29. The summed E-state index contributed by atoms with van der Waals surface area (Å²) in [5, 5.41) is 3.58. The number of rotatable bonds is 6. The van der Waals surface area contributed by atoms with Crippen LogP contribution in [0.15, 0.2) is 0 Å². The van der Waals surface area contributed by atoms with Gasteiger partial charge in [0.05, 0.1) is 6.10 Å². The molecular formula is C10H22N2O. The molecule has 0 spiro atoms. The maximum absolute atomic E-state index is 5.55. The molecule has 3 N–H and O–H groups in total. The maximum atomic E-state index is 5.55. The molecule has 1 atom stereocenters. The smallest absolute Gasteiger partial charge is 0.0817 e. The third-order valence-electron chi connectivity index (χ3n) is 3.29. The molecule has 3 heteroatoms. The van der Waals surface area contributed by atoms with Crippen molar-refractivity contribution in [2.45, 2.75) is 44.2 Å². The highest BCUT2D eigenvalue weighted by Gasteiger charge is 2.34. The normalized spacial score (nSPS) is 22.4. The fourth-order valence-electron chi connectivity index (χ4n) is 1.85. The van der Waals surface area contributed by atoms with Gasteiger partial charge in [0.15, 0.2) is 0 Å². The predicted octanol–water partition coefficient (Wildman–Crippen LogP) is 0.882. The second-order valence-electron chi connectivity index (χ2n) is 3.96. The van der Waals surface area contributed by atoms with Crippen molar-refractivity contribution in [2.24, 2.45) is 5.73 Å². The first-order valence-corrected chi connectivity index (χ1v) is 5.24. The molecule has 0 radical (unpaired) electrons. The molecule has 1 aliphatic carbocycles. The summed E-state index contributed by atoms with van der Waals surface area (Å²) in [4.78, 5) is 0. The summed E-state index contributed by atoms with van der Waals surface area (Å²) in [7, 11) is 1.72. The average molecular weight is 186 g/mol. The number of ether oxygens (including phenoxy) is 1. The Morgan fingerprint density at radius 1 is 1.54 bits per heavy atom. The molecule has 1 unspecified atom stereocenters. The summed E-state index contributed by atoms with van der Waals surface area (Å²) in [5.41, 5.74) is 5.96. The third kappa shape index (κ3) is 2.66. The maximum Gasteiger partial charge on any atom is 0.0817 e. The lowest BCUT2D eigenvalue weighted by atomic mass is 9.75. The Labute approximate surface area is 81.0 Å². The van der Waals surface area contributed by atoms with Gasteiger partial charge in [0.1, 0.15) is 0 Å². The van der Waals surface area contributed by atoms with Crippen LogP contribution in [0.4, 0.5) is 0 Å². The average Bonchev–Trinajstić information content (AvgIpc) is 2.10. The molecule has 0 aromatic carbocycles. The number of hydrogen-bond acceptors (Lipinski definition) is 3.